The molecule has 4 unspecified atom stereocenters. The summed E-state index contributed by atoms with van der Waals surface area (Å²) in [5.74, 6) is 1.28. The number of ether oxygens (including phenoxy) is 1. The topological polar surface area (TPSA) is 32.7 Å². The summed E-state index contributed by atoms with van der Waals surface area (Å²) >= 11 is 0. The fraction of sp³-hybridized carbons (Fsp3) is 1.00. The molecule has 4 atom stereocenters. The quantitative estimate of drug-likeness (QED) is 0.852. The van der Waals surface area contributed by atoms with Gasteiger partial charge in [0, 0.05) is 25.1 Å². The van der Waals surface area contributed by atoms with E-state index in [1.807, 2.05) is 0 Å². The van der Waals surface area contributed by atoms with Crippen molar-refractivity contribution in [3.8, 4) is 0 Å². The molecular formula is C16H29NO2. The van der Waals surface area contributed by atoms with Gasteiger partial charge in [0.05, 0.1) is 12.7 Å². The molecule has 3 aliphatic rings. The predicted molar refractivity (Wildman–Crippen MR) is 76.1 cm³/mol. The second kappa shape index (κ2) is 6.55. The molecule has 2 saturated heterocycles. The van der Waals surface area contributed by atoms with Crippen LogP contribution in [0, 0.1) is 11.8 Å². The van der Waals surface area contributed by atoms with Crippen LogP contribution in [0.15, 0.2) is 0 Å². The highest BCUT2D eigenvalue weighted by molar-refractivity contribution is 4.90. The molecule has 0 aromatic rings. The highest BCUT2D eigenvalue weighted by Gasteiger charge is 2.36. The molecule has 3 nitrogen and oxygen atoms in total. The minimum absolute atomic E-state index is 0.0424. The highest BCUT2D eigenvalue weighted by Crippen LogP contribution is 2.34. The molecule has 2 aliphatic heterocycles. The molecule has 0 amide bonds. The van der Waals surface area contributed by atoms with E-state index in [0.717, 1.165) is 25.6 Å². The number of aliphatic hydroxyl groups excluding tert-OH is 1. The molecule has 1 N–H and O–H groups in total. The van der Waals surface area contributed by atoms with Crippen LogP contribution in [0.4, 0.5) is 0 Å². The van der Waals surface area contributed by atoms with Crippen LogP contribution in [0.3, 0.4) is 0 Å². The Morgan fingerprint density at radius 2 is 1.84 bits per heavy atom. The third-order valence-electron chi connectivity index (χ3n) is 5.46. The molecule has 0 radical (unpaired) electrons. The van der Waals surface area contributed by atoms with Crippen molar-refractivity contribution in [3.05, 3.63) is 0 Å². The van der Waals surface area contributed by atoms with Crippen molar-refractivity contribution in [1.29, 1.82) is 0 Å². The zero-order valence-electron chi connectivity index (χ0n) is 12.1. The molecule has 0 aromatic heterocycles. The second-order valence-corrected chi connectivity index (χ2v) is 6.80. The van der Waals surface area contributed by atoms with Gasteiger partial charge in [-0.05, 0) is 44.6 Å². The molecule has 1 saturated carbocycles. The number of hydrogen-bond donors (Lipinski definition) is 1. The Kier molecular flexibility index (Phi) is 4.78. The first-order chi connectivity index (χ1) is 9.34. The predicted octanol–water partition coefficient (Wildman–Crippen LogP) is 2.43. The van der Waals surface area contributed by atoms with Gasteiger partial charge in [-0.1, -0.05) is 19.3 Å². The van der Waals surface area contributed by atoms with Crippen molar-refractivity contribution in [2.45, 2.75) is 63.5 Å². The van der Waals surface area contributed by atoms with Gasteiger partial charge >= 0.3 is 0 Å². The van der Waals surface area contributed by atoms with Crippen LogP contribution >= 0.6 is 0 Å². The van der Waals surface area contributed by atoms with Gasteiger partial charge in [-0.3, -0.25) is 4.90 Å². The Morgan fingerprint density at radius 3 is 2.63 bits per heavy atom. The number of aliphatic hydroxyl groups is 1. The molecule has 19 heavy (non-hydrogen) atoms. The van der Waals surface area contributed by atoms with Gasteiger partial charge in [0.15, 0.2) is 0 Å². The zero-order valence-corrected chi connectivity index (χ0v) is 12.1. The fourth-order valence-electron chi connectivity index (χ4n) is 4.38. The number of rotatable bonds is 3. The summed E-state index contributed by atoms with van der Waals surface area (Å²) in [6, 6.07) is 0.643. The van der Waals surface area contributed by atoms with E-state index in [4.69, 9.17) is 4.74 Å². The largest absolute Gasteiger partial charge is 0.393 e. The van der Waals surface area contributed by atoms with Gasteiger partial charge in [-0.2, -0.15) is 0 Å². The van der Waals surface area contributed by atoms with Crippen LogP contribution in [0.5, 0.6) is 0 Å². The highest BCUT2D eigenvalue weighted by atomic mass is 16.5. The Bertz CT molecular complexity index is 278. The summed E-state index contributed by atoms with van der Waals surface area (Å²) in [5.41, 5.74) is 0. The van der Waals surface area contributed by atoms with E-state index in [1.54, 1.807) is 0 Å². The van der Waals surface area contributed by atoms with Crippen molar-refractivity contribution in [3.63, 3.8) is 0 Å². The lowest BCUT2D eigenvalue weighted by Crippen LogP contribution is -2.50. The summed E-state index contributed by atoms with van der Waals surface area (Å²) in [6.07, 6.45) is 9.99. The molecule has 3 heteroatoms. The van der Waals surface area contributed by atoms with E-state index in [2.05, 4.69) is 4.90 Å². The molecule has 3 rings (SSSR count). The zero-order chi connectivity index (χ0) is 13.1. The fourth-order valence-corrected chi connectivity index (χ4v) is 4.38. The van der Waals surface area contributed by atoms with Crippen molar-refractivity contribution in [2.75, 3.05) is 26.3 Å². The molecule has 3 fully saturated rings. The van der Waals surface area contributed by atoms with Crippen molar-refractivity contribution in [2.24, 2.45) is 11.8 Å². The van der Waals surface area contributed by atoms with Gasteiger partial charge < -0.3 is 9.84 Å². The van der Waals surface area contributed by atoms with Crippen LogP contribution in [-0.2, 0) is 4.74 Å². The normalized spacial score (nSPS) is 41.5. The summed E-state index contributed by atoms with van der Waals surface area (Å²) in [5, 5.41) is 10.3. The maximum absolute atomic E-state index is 10.3. The average Bonchev–Trinajstić information content (AvgIpc) is 2.93. The SMILES string of the molecule is OC1CCCCC1C1CCCCN1CC1CCOC1. The van der Waals surface area contributed by atoms with E-state index < -0.39 is 0 Å². The minimum Gasteiger partial charge on any atom is -0.393 e. The van der Waals surface area contributed by atoms with Crippen LogP contribution in [0.25, 0.3) is 0 Å². The lowest BCUT2D eigenvalue weighted by molar-refractivity contribution is -0.0111. The lowest BCUT2D eigenvalue weighted by Gasteiger charge is -2.44. The lowest BCUT2D eigenvalue weighted by atomic mass is 9.77. The van der Waals surface area contributed by atoms with E-state index in [-0.39, 0.29) is 6.10 Å². The van der Waals surface area contributed by atoms with E-state index in [1.165, 1.54) is 58.0 Å². The average molecular weight is 267 g/mol. The van der Waals surface area contributed by atoms with Gasteiger partial charge in [-0.15, -0.1) is 0 Å². The molecule has 2 heterocycles. The third kappa shape index (κ3) is 3.32. The summed E-state index contributed by atoms with van der Waals surface area (Å²) in [6.45, 7) is 4.35. The van der Waals surface area contributed by atoms with Crippen molar-refractivity contribution in [1.82, 2.24) is 4.90 Å². The molecule has 0 aromatic carbocycles. The standard InChI is InChI=1S/C16H29NO2/c18-16-7-2-1-5-14(16)15-6-3-4-9-17(15)11-13-8-10-19-12-13/h13-16,18H,1-12H2. The Balaban J connectivity index is 1.62. The number of likely N-dealkylation sites (tertiary alicyclic amines) is 1. The van der Waals surface area contributed by atoms with Crippen LogP contribution < -0.4 is 0 Å². The van der Waals surface area contributed by atoms with E-state index in [9.17, 15) is 5.11 Å². The molecule has 0 spiro atoms. The van der Waals surface area contributed by atoms with E-state index in [0.29, 0.717) is 12.0 Å². The first-order valence-electron chi connectivity index (χ1n) is 8.34. The number of hydrogen-bond acceptors (Lipinski definition) is 3. The smallest absolute Gasteiger partial charge is 0.0583 e. The monoisotopic (exact) mass is 267 g/mol. The Morgan fingerprint density at radius 1 is 1.00 bits per heavy atom. The van der Waals surface area contributed by atoms with Crippen molar-refractivity contribution < 1.29 is 9.84 Å². The summed E-state index contributed by atoms with van der Waals surface area (Å²) < 4.78 is 5.52. The minimum atomic E-state index is -0.0424. The van der Waals surface area contributed by atoms with Crippen LogP contribution in [0.2, 0.25) is 0 Å². The first-order valence-corrected chi connectivity index (χ1v) is 8.34. The van der Waals surface area contributed by atoms with Gasteiger partial charge in [0.1, 0.15) is 0 Å². The maximum Gasteiger partial charge on any atom is 0.0583 e. The first kappa shape index (κ1) is 13.8. The summed E-state index contributed by atoms with van der Waals surface area (Å²) in [7, 11) is 0. The molecular weight excluding hydrogens is 238 g/mol. The maximum atomic E-state index is 10.3. The number of nitrogens with zero attached hydrogens (tertiary/aromatic N) is 1. The Labute approximate surface area is 117 Å². The molecule has 110 valence electrons. The van der Waals surface area contributed by atoms with Crippen molar-refractivity contribution >= 4 is 0 Å². The van der Waals surface area contributed by atoms with Gasteiger partial charge in [-0.25, -0.2) is 0 Å². The summed E-state index contributed by atoms with van der Waals surface area (Å²) in [4.78, 5) is 2.70. The number of piperidine rings is 1. The molecule has 1 aliphatic carbocycles. The Hall–Kier alpha value is -0.120. The second-order valence-electron chi connectivity index (χ2n) is 6.80. The molecule has 0 bridgehead atoms. The van der Waals surface area contributed by atoms with Crippen LogP contribution in [-0.4, -0.2) is 48.5 Å². The van der Waals surface area contributed by atoms with E-state index >= 15 is 0 Å². The van der Waals surface area contributed by atoms with Crippen LogP contribution in [0.1, 0.15) is 51.4 Å². The van der Waals surface area contributed by atoms with Gasteiger partial charge in [0.2, 0.25) is 0 Å². The van der Waals surface area contributed by atoms with Gasteiger partial charge in [0.25, 0.3) is 0 Å². The third-order valence-corrected chi connectivity index (χ3v) is 5.46.